The summed E-state index contributed by atoms with van der Waals surface area (Å²) in [5.41, 5.74) is 3.15. The van der Waals surface area contributed by atoms with Crippen LogP contribution in [0.1, 0.15) is 5.56 Å². The minimum atomic E-state index is -1.40. The van der Waals surface area contributed by atoms with Gasteiger partial charge in [0.15, 0.2) is 0 Å². The van der Waals surface area contributed by atoms with E-state index in [1.54, 1.807) is 6.07 Å². The molecule has 24 heavy (non-hydrogen) atoms. The molecule has 0 aromatic heterocycles. The van der Waals surface area contributed by atoms with Crippen molar-refractivity contribution in [2.45, 2.75) is 9.79 Å². The lowest BCUT2D eigenvalue weighted by molar-refractivity contribution is 0.686. The summed E-state index contributed by atoms with van der Waals surface area (Å²) in [6.45, 7) is 0. The third-order valence-corrected chi connectivity index (χ3v) is 4.96. The summed E-state index contributed by atoms with van der Waals surface area (Å²) < 4.78 is 15.6. The van der Waals surface area contributed by atoms with E-state index in [1.807, 2.05) is 66.7 Å². The molecule has 3 nitrogen and oxygen atoms in total. The van der Waals surface area contributed by atoms with Crippen LogP contribution < -0.4 is 4.72 Å². The van der Waals surface area contributed by atoms with Gasteiger partial charge in [0.1, 0.15) is 11.0 Å². The van der Waals surface area contributed by atoms with E-state index < -0.39 is 11.0 Å². The highest BCUT2D eigenvalue weighted by Gasteiger charge is 2.08. The van der Waals surface area contributed by atoms with Crippen LogP contribution in [0.5, 0.6) is 0 Å². The average molecular weight is 350 g/mol. The van der Waals surface area contributed by atoms with E-state index in [9.17, 15) is 4.21 Å². The van der Waals surface area contributed by atoms with Crippen LogP contribution in [-0.4, -0.2) is 4.21 Å². The monoisotopic (exact) mass is 350 g/mol. The highest BCUT2D eigenvalue weighted by molar-refractivity contribution is 7.86. The first-order valence-electron chi connectivity index (χ1n) is 7.24. The van der Waals surface area contributed by atoms with Gasteiger partial charge in [-0.1, -0.05) is 36.4 Å². The minimum Gasteiger partial charge on any atom is -0.300 e. The van der Waals surface area contributed by atoms with Gasteiger partial charge in [-0.15, -0.1) is 12.6 Å². The van der Waals surface area contributed by atoms with Crippen molar-refractivity contribution in [1.29, 1.82) is 5.26 Å². The van der Waals surface area contributed by atoms with Gasteiger partial charge in [-0.25, -0.2) is 4.21 Å². The van der Waals surface area contributed by atoms with E-state index in [0.717, 1.165) is 21.7 Å². The number of benzene rings is 3. The third kappa shape index (κ3) is 3.67. The molecule has 1 atom stereocenters. The number of para-hydroxylation sites is 1. The zero-order chi connectivity index (χ0) is 16.9. The van der Waals surface area contributed by atoms with Gasteiger partial charge in [-0.05, 0) is 47.5 Å². The van der Waals surface area contributed by atoms with Crippen LogP contribution >= 0.6 is 12.6 Å². The van der Waals surface area contributed by atoms with E-state index in [1.165, 1.54) is 0 Å². The van der Waals surface area contributed by atoms with Crippen molar-refractivity contribution in [3.8, 4) is 17.2 Å². The molecular formula is C19H14N2OS2. The van der Waals surface area contributed by atoms with Crippen molar-refractivity contribution in [3.63, 3.8) is 0 Å². The van der Waals surface area contributed by atoms with Crippen molar-refractivity contribution in [3.05, 3.63) is 78.4 Å². The molecule has 0 aliphatic heterocycles. The van der Waals surface area contributed by atoms with Gasteiger partial charge >= 0.3 is 0 Å². The number of rotatable bonds is 4. The van der Waals surface area contributed by atoms with Gasteiger partial charge in [0.2, 0.25) is 0 Å². The fourth-order valence-electron chi connectivity index (χ4n) is 2.28. The van der Waals surface area contributed by atoms with Gasteiger partial charge in [-0.2, -0.15) is 5.26 Å². The highest BCUT2D eigenvalue weighted by atomic mass is 32.2. The molecule has 0 heterocycles. The molecule has 0 spiro atoms. The number of nitrogens with zero attached hydrogens (tertiary/aromatic N) is 1. The van der Waals surface area contributed by atoms with Gasteiger partial charge in [0.25, 0.3) is 0 Å². The average Bonchev–Trinajstić information content (AvgIpc) is 2.64. The summed E-state index contributed by atoms with van der Waals surface area (Å²) in [7, 11) is -1.40. The second-order valence-corrected chi connectivity index (χ2v) is 6.80. The lowest BCUT2D eigenvalue weighted by Crippen LogP contribution is -2.05. The molecule has 3 aromatic rings. The molecule has 118 valence electrons. The van der Waals surface area contributed by atoms with Crippen LogP contribution in [0.25, 0.3) is 11.1 Å². The Morgan fingerprint density at radius 3 is 2.38 bits per heavy atom. The Bertz CT molecular complexity index is 948. The Morgan fingerprint density at radius 2 is 1.62 bits per heavy atom. The number of thiol groups is 1. The smallest absolute Gasteiger partial charge is 0.150 e. The summed E-state index contributed by atoms with van der Waals surface area (Å²) in [5.74, 6) is 0. The summed E-state index contributed by atoms with van der Waals surface area (Å²) >= 11 is 4.36. The Hall–Kier alpha value is -2.55. The van der Waals surface area contributed by atoms with Gasteiger partial charge in [-0.3, -0.25) is 0 Å². The lowest BCUT2D eigenvalue weighted by atomic mass is 10.0. The van der Waals surface area contributed by atoms with Crippen LogP contribution in [0.2, 0.25) is 0 Å². The third-order valence-electron chi connectivity index (χ3n) is 3.48. The number of nitriles is 1. The Balaban J connectivity index is 1.89. The molecule has 0 bridgehead atoms. The van der Waals surface area contributed by atoms with Crippen LogP contribution in [0.4, 0.5) is 5.69 Å². The first-order chi connectivity index (χ1) is 11.7. The summed E-state index contributed by atoms with van der Waals surface area (Å²) in [4.78, 5) is 1.40. The Labute approximate surface area is 149 Å². The van der Waals surface area contributed by atoms with E-state index >= 15 is 0 Å². The van der Waals surface area contributed by atoms with Crippen LogP contribution in [0.15, 0.2) is 82.6 Å². The standard InChI is InChI=1S/C19H14N2OS2/c20-13-14-5-3-6-15(11-14)16-7-4-8-17(12-16)24(22)21-18-9-1-2-10-19(18)23/h1-12,21,23H. The van der Waals surface area contributed by atoms with Crippen LogP contribution in [0, 0.1) is 11.3 Å². The molecule has 0 saturated carbocycles. The van der Waals surface area contributed by atoms with Gasteiger partial charge in [0.05, 0.1) is 22.2 Å². The van der Waals surface area contributed by atoms with Crippen molar-refractivity contribution in [2.24, 2.45) is 0 Å². The normalized spacial score (nSPS) is 11.5. The van der Waals surface area contributed by atoms with Crippen molar-refractivity contribution < 1.29 is 4.21 Å². The number of hydrogen-bond acceptors (Lipinski definition) is 3. The van der Waals surface area contributed by atoms with E-state index in [2.05, 4.69) is 23.4 Å². The quantitative estimate of drug-likeness (QED) is 0.673. The lowest BCUT2D eigenvalue weighted by Gasteiger charge is -2.09. The summed E-state index contributed by atoms with van der Waals surface area (Å²) in [6.07, 6.45) is 0. The topological polar surface area (TPSA) is 52.9 Å². The van der Waals surface area contributed by atoms with E-state index in [-0.39, 0.29) is 0 Å². The SMILES string of the molecule is N#Cc1cccc(-c2cccc(S(=O)Nc3ccccc3S)c2)c1. The fraction of sp³-hybridized carbons (Fsp3) is 0. The van der Waals surface area contributed by atoms with Gasteiger partial charge < -0.3 is 4.72 Å². The first kappa shape index (κ1) is 16.3. The maximum absolute atomic E-state index is 12.6. The molecule has 0 aliphatic carbocycles. The fourth-order valence-corrected chi connectivity index (χ4v) is 3.50. The number of nitrogens with one attached hydrogen (secondary N) is 1. The molecule has 0 fully saturated rings. The zero-order valence-corrected chi connectivity index (χ0v) is 14.4. The molecule has 3 aromatic carbocycles. The molecule has 1 unspecified atom stereocenters. The summed E-state index contributed by atoms with van der Waals surface area (Å²) in [5, 5.41) is 9.03. The molecule has 1 N–H and O–H groups in total. The maximum atomic E-state index is 12.6. The second kappa shape index (κ2) is 7.35. The molecule has 0 radical (unpaired) electrons. The van der Waals surface area contributed by atoms with Crippen molar-refractivity contribution in [1.82, 2.24) is 0 Å². The largest absolute Gasteiger partial charge is 0.300 e. The minimum absolute atomic E-state index is 0.598. The molecule has 0 saturated heterocycles. The number of hydrogen-bond donors (Lipinski definition) is 2. The molecular weight excluding hydrogens is 336 g/mol. The zero-order valence-electron chi connectivity index (χ0n) is 12.6. The van der Waals surface area contributed by atoms with Crippen LogP contribution in [-0.2, 0) is 11.0 Å². The highest BCUT2D eigenvalue weighted by Crippen LogP contribution is 2.25. The second-order valence-electron chi connectivity index (χ2n) is 5.11. The molecule has 0 aliphatic rings. The molecule has 5 heteroatoms. The first-order valence-corrected chi connectivity index (χ1v) is 8.84. The Kier molecular flexibility index (Phi) is 4.99. The van der Waals surface area contributed by atoms with Crippen LogP contribution in [0.3, 0.4) is 0 Å². The predicted octanol–water partition coefficient (Wildman–Crippen LogP) is 4.65. The molecule has 0 amide bonds. The van der Waals surface area contributed by atoms with Gasteiger partial charge in [0, 0.05) is 4.90 Å². The number of anilines is 1. The van der Waals surface area contributed by atoms with E-state index in [0.29, 0.717) is 10.5 Å². The molecule has 3 rings (SSSR count). The predicted molar refractivity (Wildman–Crippen MR) is 100 cm³/mol. The summed E-state index contributed by atoms with van der Waals surface area (Å²) in [6, 6.07) is 24.4. The maximum Gasteiger partial charge on any atom is 0.150 e. The van der Waals surface area contributed by atoms with Crippen molar-refractivity contribution >= 4 is 29.3 Å². The van der Waals surface area contributed by atoms with Crippen molar-refractivity contribution in [2.75, 3.05) is 4.72 Å². The van der Waals surface area contributed by atoms with E-state index in [4.69, 9.17) is 5.26 Å². The Morgan fingerprint density at radius 1 is 0.917 bits per heavy atom.